The summed E-state index contributed by atoms with van der Waals surface area (Å²) in [6.45, 7) is 1.44. The van der Waals surface area contributed by atoms with Crippen LogP contribution in [-0.4, -0.2) is 43.5 Å². The van der Waals surface area contributed by atoms with Gasteiger partial charge in [0.15, 0.2) is 0 Å². The molecule has 24 heavy (non-hydrogen) atoms. The third-order valence-corrected chi connectivity index (χ3v) is 6.22. The molecule has 0 unspecified atom stereocenters. The largest absolute Gasteiger partial charge is 0.493 e. The molecular formula is C17H18N2O4S. The quantitative estimate of drug-likeness (QED) is 0.845. The van der Waals surface area contributed by atoms with Gasteiger partial charge in [-0.1, -0.05) is 0 Å². The number of nitrogens with zero attached hydrogens (tertiary/aromatic N) is 2. The predicted octanol–water partition coefficient (Wildman–Crippen LogP) is 1.86. The first kappa shape index (κ1) is 15.4. The van der Waals surface area contributed by atoms with Gasteiger partial charge in [-0.3, -0.25) is 4.98 Å². The fraction of sp³-hybridized carbons (Fsp3) is 0.353. The highest BCUT2D eigenvalue weighted by atomic mass is 32.2. The molecule has 7 heteroatoms. The van der Waals surface area contributed by atoms with Gasteiger partial charge in [0.25, 0.3) is 0 Å². The van der Waals surface area contributed by atoms with Crippen molar-refractivity contribution in [2.75, 3.05) is 19.7 Å². The highest BCUT2D eigenvalue weighted by molar-refractivity contribution is 7.89. The van der Waals surface area contributed by atoms with Crippen LogP contribution in [0, 0.1) is 0 Å². The van der Waals surface area contributed by atoms with Crippen molar-refractivity contribution in [1.29, 1.82) is 0 Å². The first-order chi connectivity index (χ1) is 11.6. The molecule has 0 bridgehead atoms. The number of fused-ring (bicyclic) bond motifs is 1. The van der Waals surface area contributed by atoms with Crippen molar-refractivity contribution >= 4 is 10.0 Å². The Labute approximate surface area is 141 Å². The smallest absolute Gasteiger partial charge is 0.243 e. The van der Waals surface area contributed by atoms with E-state index in [0.29, 0.717) is 36.8 Å². The Bertz CT molecular complexity index is 839. The number of pyridine rings is 1. The number of sulfonamides is 1. The molecule has 1 aromatic heterocycles. The van der Waals surface area contributed by atoms with Gasteiger partial charge in [0.1, 0.15) is 17.6 Å². The lowest BCUT2D eigenvalue weighted by Crippen LogP contribution is -2.31. The minimum absolute atomic E-state index is 0.139. The molecule has 0 radical (unpaired) electrons. The molecule has 1 atom stereocenters. The van der Waals surface area contributed by atoms with Crippen LogP contribution in [-0.2, 0) is 16.4 Å². The molecule has 0 N–H and O–H groups in total. The molecular weight excluding hydrogens is 328 g/mol. The van der Waals surface area contributed by atoms with E-state index < -0.39 is 10.0 Å². The van der Waals surface area contributed by atoms with Gasteiger partial charge in [-0.15, -0.1) is 0 Å². The van der Waals surface area contributed by atoms with Crippen LogP contribution < -0.4 is 9.47 Å². The van der Waals surface area contributed by atoms with Crippen molar-refractivity contribution in [1.82, 2.24) is 9.29 Å². The molecule has 2 aliphatic rings. The SMILES string of the molecule is O=S(=O)(c1ccc2c(c1)CCO2)N1CC[C@H](Oc2ccncc2)C1. The van der Waals surface area contributed by atoms with Crippen LogP contribution in [0.4, 0.5) is 0 Å². The summed E-state index contributed by atoms with van der Waals surface area (Å²) in [4.78, 5) is 4.28. The Kier molecular flexibility index (Phi) is 3.90. The van der Waals surface area contributed by atoms with E-state index >= 15 is 0 Å². The molecule has 1 aromatic carbocycles. The van der Waals surface area contributed by atoms with Gasteiger partial charge in [0.2, 0.25) is 10.0 Å². The molecule has 126 valence electrons. The molecule has 4 rings (SSSR count). The summed E-state index contributed by atoms with van der Waals surface area (Å²) in [6, 6.07) is 8.65. The molecule has 2 aromatic rings. The average molecular weight is 346 g/mol. The van der Waals surface area contributed by atoms with Crippen LogP contribution >= 0.6 is 0 Å². The van der Waals surface area contributed by atoms with Crippen molar-refractivity contribution in [3.8, 4) is 11.5 Å². The molecule has 0 aliphatic carbocycles. The van der Waals surface area contributed by atoms with E-state index in [1.54, 1.807) is 42.7 Å². The van der Waals surface area contributed by atoms with Crippen LogP contribution in [0.3, 0.4) is 0 Å². The maximum Gasteiger partial charge on any atom is 0.243 e. The molecule has 0 amide bonds. The summed E-state index contributed by atoms with van der Waals surface area (Å²) in [5.41, 5.74) is 0.958. The Hall–Kier alpha value is -2.12. The van der Waals surface area contributed by atoms with E-state index in [2.05, 4.69) is 4.98 Å². The highest BCUT2D eigenvalue weighted by Crippen LogP contribution is 2.30. The lowest BCUT2D eigenvalue weighted by molar-refractivity contribution is 0.215. The zero-order valence-corrected chi connectivity index (χ0v) is 13.9. The fourth-order valence-electron chi connectivity index (χ4n) is 3.09. The molecule has 3 heterocycles. The van der Waals surface area contributed by atoms with E-state index in [0.717, 1.165) is 17.7 Å². The highest BCUT2D eigenvalue weighted by Gasteiger charge is 2.34. The maximum atomic E-state index is 12.9. The summed E-state index contributed by atoms with van der Waals surface area (Å²) < 4.78 is 38.5. The van der Waals surface area contributed by atoms with E-state index in [4.69, 9.17) is 9.47 Å². The standard InChI is InChI=1S/C17H18N2O4S/c20-24(21,16-1-2-17-13(11-16)6-10-22-17)19-9-5-15(12-19)23-14-3-7-18-8-4-14/h1-4,7-8,11,15H,5-6,9-10,12H2/t15-/m0/s1. The molecule has 0 saturated carbocycles. The van der Waals surface area contributed by atoms with Gasteiger partial charge >= 0.3 is 0 Å². The molecule has 1 fully saturated rings. The number of hydrogen-bond donors (Lipinski definition) is 0. The number of rotatable bonds is 4. The summed E-state index contributed by atoms with van der Waals surface area (Å²) in [5.74, 6) is 1.50. The number of benzene rings is 1. The number of hydrogen-bond acceptors (Lipinski definition) is 5. The first-order valence-corrected chi connectivity index (χ1v) is 9.39. The Morgan fingerprint density at radius 2 is 2.04 bits per heavy atom. The van der Waals surface area contributed by atoms with Crippen LogP contribution in [0.15, 0.2) is 47.6 Å². The lowest BCUT2D eigenvalue weighted by atomic mass is 10.2. The second-order valence-corrected chi connectivity index (χ2v) is 7.88. The van der Waals surface area contributed by atoms with Crippen LogP contribution in [0.5, 0.6) is 11.5 Å². The monoisotopic (exact) mass is 346 g/mol. The van der Waals surface area contributed by atoms with Crippen LogP contribution in [0.25, 0.3) is 0 Å². The van der Waals surface area contributed by atoms with Crippen molar-refractivity contribution in [2.45, 2.75) is 23.8 Å². The molecule has 6 nitrogen and oxygen atoms in total. The van der Waals surface area contributed by atoms with Crippen molar-refractivity contribution < 1.29 is 17.9 Å². The Balaban J connectivity index is 1.49. The summed E-state index contributed by atoms with van der Waals surface area (Å²) in [7, 11) is -3.50. The van der Waals surface area contributed by atoms with Crippen LogP contribution in [0.2, 0.25) is 0 Å². The van der Waals surface area contributed by atoms with Crippen LogP contribution in [0.1, 0.15) is 12.0 Å². The number of aromatic nitrogens is 1. The van der Waals surface area contributed by atoms with Crippen molar-refractivity contribution in [3.63, 3.8) is 0 Å². The minimum Gasteiger partial charge on any atom is -0.493 e. The predicted molar refractivity (Wildman–Crippen MR) is 87.7 cm³/mol. The molecule has 1 saturated heterocycles. The van der Waals surface area contributed by atoms with E-state index in [1.807, 2.05) is 0 Å². The maximum absolute atomic E-state index is 12.9. The number of ether oxygens (including phenoxy) is 2. The van der Waals surface area contributed by atoms with Crippen molar-refractivity contribution in [2.24, 2.45) is 0 Å². The van der Waals surface area contributed by atoms with Gasteiger partial charge in [0.05, 0.1) is 18.0 Å². The first-order valence-electron chi connectivity index (χ1n) is 7.95. The Morgan fingerprint density at radius 3 is 2.88 bits per heavy atom. The zero-order chi connectivity index (χ0) is 16.6. The summed E-state index contributed by atoms with van der Waals surface area (Å²) in [5, 5.41) is 0. The topological polar surface area (TPSA) is 68.7 Å². The third kappa shape index (κ3) is 2.85. The third-order valence-electron chi connectivity index (χ3n) is 4.36. The average Bonchev–Trinajstić information content (AvgIpc) is 3.24. The second-order valence-electron chi connectivity index (χ2n) is 5.94. The van der Waals surface area contributed by atoms with E-state index in [1.165, 1.54) is 4.31 Å². The van der Waals surface area contributed by atoms with Gasteiger partial charge in [-0.05, 0) is 42.3 Å². The second kappa shape index (κ2) is 6.07. The lowest BCUT2D eigenvalue weighted by Gasteiger charge is -2.17. The van der Waals surface area contributed by atoms with E-state index in [9.17, 15) is 8.42 Å². The van der Waals surface area contributed by atoms with Gasteiger partial charge in [-0.25, -0.2) is 8.42 Å². The molecule has 0 spiro atoms. The van der Waals surface area contributed by atoms with Gasteiger partial charge in [0, 0.05) is 25.4 Å². The molecule has 2 aliphatic heterocycles. The Morgan fingerprint density at radius 1 is 1.21 bits per heavy atom. The normalized spacial score (nSPS) is 20.6. The minimum atomic E-state index is -3.50. The zero-order valence-electron chi connectivity index (χ0n) is 13.1. The van der Waals surface area contributed by atoms with Gasteiger partial charge in [-0.2, -0.15) is 4.31 Å². The van der Waals surface area contributed by atoms with Gasteiger partial charge < -0.3 is 9.47 Å². The fourth-order valence-corrected chi connectivity index (χ4v) is 4.63. The summed E-state index contributed by atoms with van der Waals surface area (Å²) in [6.07, 6.45) is 4.61. The summed E-state index contributed by atoms with van der Waals surface area (Å²) >= 11 is 0. The van der Waals surface area contributed by atoms with Crippen molar-refractivity contribution in [3.05, 3.63) is 48.3 Å². The van der Waals surface area contributed by atoms with E-state index in [-0.39, 0.29) is 6.10 Å².